The Labute approximate surface area is 101 Å². The molecule has 3 heteroatoms. The number of hydrogen-bond donors (Lipinski definition) is 0. The minimum absolute atomic E-state index is 0.151. The van der Waals surface area contributed by atoms with Gasteiger partial charge in [0.05, 0.1) is 0 Å². The molecule has 0 radical (unpaired) electrons. The van der Waals surface area contributed by atoms with E-state index >= 15 is 0 Å². The predicted octanol–water partition coefficient (Wildman–Crippen LogP) is 3.22. The Morgan fingerprint density at radius 1 is 1.41 bits per heavy atom. The first kappa shape index (κ1) is 12.1. The number of nitrogens with zero attached hydrogens (tertiary/aromatic N) is 1. The molecule has 92 valence electrons. The van der Waals surface area contributed by atoms with Crippen LogP contribution in [-0.4, -0.2) is 25.0 Å². The maximum absolute atomic E-state index is 13.3. The van der Waals surface area contributed by atoms with Crippen LogP contribution in [0.15, 0.2) is 24.3 Å². The molecule has 0 saturated carbocycles. The average Bonchev–Trinajstić information content (AvgIpc) is 2.38. The first-order valence-electron chi connectivity index (χ1n) is 6.23. The van der Waals surface area contributed by atoms with Gasteiger partial charge in [-0.25, -0.2) is 4.39 Å². The van der Waals surface area contributed by atoms with Gasteiger partial charge in [0, 0.05) is 30.8 Å². The van der Waals surface area contributed by atoms with Crippen molar-refractivity contribution < 1.29 is 9.18 Å². The molecular weight excluding hydrogens is 217 g/mol. The smallest absolute Gasteiger partial charge is 0.162 e. The summed E-state index contributed by atoms with van der Waals surface area (Å²) < 4.78 is 13.3. The second-order valence-electron chi connectivity index (χ2n) is 4.51. The molecule has 1 unspecified atom stereocenters. The number of halogens is 1. The summed E-state index contributed by atoms with van der Waals surface area (Å²) in [7, 11) is 0. The molecule has 0 aliphatic carbocycles. The van der Waals surface area contributed by atoms with Gasteiger partial charge in [-0.15, -0.1) is 0 Å². The van der Waals surface area contributed by atoms with Crippen molar-refractivity contribution in [1.82, 2.24) is 0 Å². The highest BCUT2D eigenvalue weighted by Gasteiger charge is 2.19. The fourth-order valence-electron chi connectivity index (χ4n) is 2.22. The number of hydrogen-bond acceptors (Lipinski definition) is 2. The number of ketones is 1. The molecule has 1 aliphatic rings. The second-order valence-corrected chi connectivity index (χ2v) is 4.51. The zero-order valence-corrected chi connectivity index (χ0v) is 10.2. The molecule has 17 heavy (non-hydrogen) atoms. The Morgan fingerprint density at radius 2 is 2.12 bits per heavy atom. The lowest BCUT2D eigenvalue weighted by molar-refractivity contribution is 0.0988. The zero-order chi connectivity index (χ0) is 12.3. The van der Waals surface area contributed by atoms with Crippen LogP contribution in [0.4, 0.5) is 10.1 Å². The van der Waals surface area contributed by atoms with Gasteiger partial charge >= 0.3 is 0 Å². The van der Waals surface area contributed by atoms with E-state index < -0.39 is 6.17 Å². The van der Waals surface area contributed by atoms with Crippen molar-refractivity contribution >= 4 is 11.5 Å². The Morgan fingerprint density at radius 3 is 2.71 bits per heavy atom. The highest BCUT2D eigenvalue weighted by molar-refractivity contribution is 5.96. The monoisotopic (exact) mass is 235 g/mol. The molecule has 1 aliphatic heterocycles. The number of anilines is 1. The van der Waals surface area contributed by atoms with Crippen molar-refractivity contribution in [1.29, 1.82) is 0 Å². The minimum atomic E-state index is -0.722. The van der Waals surface area contributed by atoms with E-state index in [9.17, 15) is 9.18 Å². The first-order valence-corrected chi connectivity index (χ1v) is 6.23. The van der Waals surface area contributed by atoms with Crippen LogP contribution in [-0.2, 0) is 0 Å². The zero-order valence-electron chi connectivity index (χ0n) is 10.2. The van der Waals surface area contributed by atoms with Gasteiger partial charge in [0.15, 0.2) is 5.78 Å². The molecule has 1 fully saturated rings. The molecule has 1 aromatic rings. The van der Waals surface area contributed by atoms with Crippen LogP contribution in [0.2, 0.25) is 0 Å². The highest BCUT2D eigenvalue weighted by Crippen LogP contribution is 2.22. The fourth-order valence-corrected chi connectivity index (χ4v) is 2.22. The summed E-state index contributed by atoms with van der Waals surface area (Å²) in [6.45, 7) is 3.23. The summed E-state index contributed by atoms with van der Waals surface area (Å²) in [5.74, 6) is 0.151. The predicted molar refractivity (Wildman–Crippen MR) is 67.4 cm³/mol. The molecule has 1 aromatic carbocycles. The topological polar surface area (TPSA) is 20.3 Å². The van der Waals surface area contributed by atoms with Crippen LogP contribution in [0, 0.1) is 0 Å². The average molecular weight is 235 g/mol. The van der Waals surface area contributed by atoms with E-state index in [1.54, 1.807) is 0 Å². The molecule has 1 saturated heterocycles. The van der Waals surface area contributed by atoms with Crippen molar-refractivity contribution in [3.8, 4) is 0 Å². The largest absolute Gasteiger partial charge is 0.369 e. The summed E-state index contributed by atoms with van der Waals surface area (Å²) in [5, 5.41) is 0. The van der Waals surface area contributed by atoms with E-state index in [4.69, 9.17) is 0 Å². The Hall–Kier alpha value is -1.38. The van der Waals surface area contributed by atoms with E-state index in [0.717, 1.165) is 24.2 Å². The lowest BCUT2D eigenvalue weighted by atomic mass is 10.1. The third-order valence-electron chi connectivity index (χ3n) is 3.24. The second kappa shape index (κ2) is 5.30. The van der Waals surface area contributed by atoms with Gasteiger partial charge in [-0.2, -0.15) is 0 Å². The third-order valence-corrected chi connectivity index (χ3v) is 3.24. The van der Waals surface area contributed by atoms with Crippen LogP contribution in [0.5, 0.6) is 0 Å². The van der Waals surface area contributed by atoms with E-state index in [0.29, 0.717) is 19.4 Å². The summed E-state index contributed by atoms with van der Waals surface area (Å²) in [6.07, 6.45) is 1.37. The lowest BCUT2D eigenvalue weighted by Gasteiger charge is -2.31. The number of piperidine rings is 1. The summed E-state index contributed by atoms with van der Waals surface area (Å²) in [4.78, 5) is 13.5. The number of benzene rings is 1. The molecule has 0 spiro atoms. The number of Topliss-reactive ketones (excluding diaryl/α,β-unsaturated/α-hetero) is 1. The normalized spacial score (nSPS) is 20.4. The summed E-state index contributed by atoms with van der Waals surface area (Å²) >= 11 is 0. The van der Waals surface area contributed by atoms with Crippen LogP contribution in [0.3, 0.4) is 0 Å². The van der Waals surface area contributed by atoms with Crippen LogP contribution < -0.4 is 4.90 Å². The molecule has 1 atom stereocenters. The van der Waals surface area contributed by atoms with Gasteiger partial charge in [-0.1, -0.05) is 6.92 Å². The molecular formula is C14H18FNO. The van der Waals surface area contributed by atoms with E-state index in [1.807, 2.05) is 36.1 Å². The Bertz CT molecular complexity index is 388. The number of alkyl halides is 1. The molecule has 0 amide bonds. The van der Waals surface area contributed by atoms with Gasteiger partial charge in [0.2, 0.25) is 0 Å². The van der Waals surface area contributed by atoms with Crippen molar-refractivity contribution in [3.05, 3.63) is 29.8 Å². The van der Waals surface area contributed by atoms with Gasteiger partial charge in [0.25, 0.3) is 0 Å². The maximum Gasteiger partial charge on any atom is 0.162 e. The van der Waals surface area contributed by atoms with Crippen LogP contribution in [0.25, 0.3) is 0 Å². The molecule has 2 rings (SSSR count). The first-order chi connectivity index (χ1) is 8.20. The van der Waals surface area contributed by atoms with Crippen molar-refractivity contribution in [2.24, 2.45) is 0 Å². The maximum atomic E-state index is 13.3. The quantitative estimate of drug-likeness (QED) is 0.750. The lowest BCUT2D eigenvalue weighted by Crippen LogP contribution is -2.36. The number of rotatable bonds is 3. The Kier molecular flexibility index (Phi) is 3.77. The van der Waals surface area contributed by atoms with E-state index in [2.05, 4.69) is 0 Å². The van der Waals surface area contributed by atoms with Crippen molar-refractivity contribution in [2.45, 2.75) is 32.4 Å². The van der Waals surface area contributed by atoms with Crippen molar-refractivity contribution in [2.75, 3.05) is 18.0 Å². The molecule has 0 aromatic heterocycles. The Balaban J connectivity index is 2.09. The number of carbonyl (C=O) groups is 1. The van der Waals surface area contributed by atoms with E-state index in [-0.39, 0.29) is 5.78 Å². The molecule has 0 bridgehead atoms. The van der Waals surface area contributed by atoms with Crippen LogP contribution in [0.1, 0.15) is 36.5 Å². The third kappa shape index (κ3) is 2.84. The fraction of sp³-hybridized carbons (Fsp3) is 0.500. The van der Waals surface area contributed by atoms with E-state index in [1.165, 1.54) is 0 Å². The van der Waals surface area contributed by atoms with Gasteiger partial charge < -0.3 is 4.90 Å². The van der Waals surface area contributed by atoms with Crippen molar-refractivity contribution in [3.63, 3.8) is 0 Å². The standard InChI is InChI=1S/C14H18FNO/c1-2-14(17)11-5-7-13(8-6-11)16-9-3-4-12(15)10-16/h5-8,12H,2-4,9-10H2,1H3. The van der Waals surface area contributed by atoms with Gasteiger partial charge in [-0.3, -0.25) is 4.79 Å². The minimum Gasteiger partial charge on any atom is -0.369 e. The SMILES string of the molecule is CCC(=O)c1ccc(N2CCCC(F)C2)cc1. The highest BCUT2D eigenvalue weighted by atomic mass is 19.1. The van der Waals surface area contributed by atoms with Gasteiger partial charge in [0.1, 0.15) is 6.17 Å². The van der Waals surface area contributed by atoms with Gasteiger partial charge in [-0.05, 0) is 37.1 Å². The molecule has 2 nitrogen and oxygen atoms in total. The summed E-state index contributed by atoms with van der Waals surface area (Å²) in [5.41, 5.74) is 1.75. The van der Waals surface area contributed by atoms with Crippen LogP contribution >= 0.6 is 0 Å². The summed E-state index contributed by atoms with van der Waals surface area (Å²) in [6, 6.07) is 7.51. The number of carbonyl (C=O) groups excluding carboxylic acids is 1. The molecule has 1 heterocycles. The molecule has 0 N–H and O–H groups in total.